The number of aryl methyl sites for hydroxylation is 2. The Balaban J connectivity index is 1.97. The highest BCUT2D eigenvalue weighted by Gasteiger charge is 2.17. The van der Waals surface area contributed by atoms with Crippen molar-refractivity contribution in [1.29, 1.82) is 0 Å². The van der Waals surface area contributed by atoms with Gasteiger partial charge in [-0.1, -0.05) is 30.3 Å². The van der Waals surface area contributed by atoms with Gasteiger partial charge in [-0.2, -0.15) is 18.4 Å². The molecular weight excluding hydrogens is 352 g/mol. The minimum Gasteiger partial charge on any atom is -0.422 e. The number of hydrogen-bond donors (Lipinski definition) is 1. The Morgan fingerprint density at radius 3 is 2.58 bits per heavy atom. The van der Waals surface area contributed by atoms with Crippen LogP contribution in [0.5, 0.6) is 0 Å². The summed E-state index contributed by atoms with van der Waals surface area (Å²) in [7, 11) is -3.84. The Morgan fingerprint density at radius 1 is 1.08 bits per heavy atom. The van der Waals surface area contributed by atoms with Crippen LogP contribution in [-0.4, -0.2) is 14.1 Å². The monoisotopic (exact) mass is 370 g/mol. The largest absolute Gasteiger partial charge is 0.422 e. The van der Waals surface area contributed by atoms with Gasteiger partial charge in [0, 0.05) is 5.39 Å². The fraction of sp³-hybridized carbons (Fsp3) is 0.158. The number of sulfonamides is 1. The number of hydrazone groups is 1. The highest BCUT2D eigenvalue weighted by atomic mass is 32.2. The molecule has 2 aromatic carbocycles. The molecule has 26 heavy (non-hydrogen) atoms. The molecule has 1 heterocycles. The van der Waals surface area contributed by atoms with Gasteiger partial charge in [-0.3, -0.25) is 0 Å². The van der Waals surface area contributed by atoms with Gasteiger partial charge in [-0.05, 0) is 50.1 Å². The van der Waals surface area contributed by atoms with Crippen LogP contribution in [0.3, 0.4) is 0 Å². The number of nitrogens with one attached hydrogen (secondary N) is 1. The summed E-state index contributed by atoms with van der Waals surface area (Å²) >= 11 is 0. The van der Waals surface area contributed by atoms with E-state index in [1.165, 1.54) is 0 Å². The fourth-order valence-corrected chi connectivity index (χ4v) is 3.74. The van der Waals surface area contributed by atoms with Crippen molar-refractivity contribution in [2.45, 2.75) is 25.7 Å². The van der Waals surface area contributed by atoms with Gasteiger partial charge >= 0.3 is 5.63 Å². The number of fused-ring (bicyclic) bond motifs is 1. The summed E-state index contributed by atoms with van der Waals surface area (Å²) < 4.78 is 30.3. The minimum atomic E-state index is -3.84. The van der Waals surface area contributed by atoms with E-state index in [4.69, 9.17) is 4.42 Å². The maximum Gasteiger partial charge on any atom is 0.345 e. The standard InChI is InChI=1S/C19H18N2O4S/c1-12-8-9-13(2)18(10-12)26(23,24)21-20-14(3)16-11-15-6-4-5-7-17(15)25-19(16)22/h4-11,21H,1-3H3/b20-14+. The Kier molecular flexibility index (Phi) is 4.65. The fourth-order valence-electron chi connectivity index (χ4n) is 2.55. The topological polar surface area (TPSA) is 88.7 Å². The van der Waals surface area contributed by atoms with Crippen molar-refractivity contribution in [3.05, 3.63) is 75.6 Å². The van der Waals surface area contributed by atoms with Crippen LogP contribution in [0.2, 0.25) is 0 Å². The molecule has 0 amide bonds. The third-order valence-electron chi connectivity index (χ3n) is 4.00. The smallest absolute Gasteiger partial charge is 0.345 e. The first kappa shape index (κ1) is 17.9. The first-order valence-electron chi connectivity index (χ1n) is 7.94. The van der Waals surface area contributed by atoms with E-state index in [0.717, 1.165) is 10.9 Å². The number of nitrogens with zero attached hydrogens (tertiary/aromatic N) is 1. The van der Waals surface area contributed by atoms with Crippen LogP contribution < -0.4 is 10.5 Å². The lowest BCUT2D eigenvalue weighted by Gasteiger charge is -2.09. The molecular formula is C19H18N2O4S. The van der Waals surface area contributed by atoms with Gasteiger partial charge in [0.15, 0.2) is 0 Å². The van der Waals surface area contributed by atoms with Gasteiger partial charge in [-0.25, -0.2) is 4.79 Å². The first-order valence-corrected chi connectivity index (χ1v) is 9.43. The molecule has 1 aromatic heterocycles. The van der Waals surface area contributed by atoms with Gasteiger partial charge in [0.05, 0.1) is 16.2 Å². The molecule has 0 aliphatic carbocycles. The molecule has 3 aromatic rings. The lowest BCUT2D eigenvalue weighted by Crippen LogP contribution is -2.22. The highest BCUT2D eigenvalue weighted by molar-refractivity contribution is 7.89. The second kappa shape index (κ2) is 6.76. The average Bonchev–Trinajstić information content (AvgIpc) is 2.61. The van der Waals surface area contributed by atoms with E-state index in [1.807, 2.05) is 19.1 Å². The summed E-state index contributed by atoms with van der Waals surface area (Å²) in [6.07, 6.45) is 0. The van der Waals surface area contributed by atoms with Crippen LogP contribution in [-0.2, 0) is 10.0 Å². The average molecular weight is 370 g/mol. The Hall–Kier alpha value is -2.93. The third kappa shape index (κ3) is 3.52. The van der Waals surface area contributed by atoms with Crippen molar-refractivity contribution in [3.63, 3.8) is 0 Å². The highest BCUT2D eigenvalue weighted by Crippen LogP contribution is 2.17. The zero-order valence-electron chi connectivity index (χ0n) is 14.6. The first-order chi connectivity index (χ1) is 12.3. The molecule has 0 aliphatic heterocycles. The van der Waals surface area contributed by atoms with E-state index in [2.05, 4.69) is 9.93 Å². The number of hydrogen-bond acceptors (Lipinski definition) is 5. The summed E-state index contributed by atoms with van der Waals surface area (Å²) in [4.78, 5) is 14.5. The van der Waals surface area contributed by atoms with E-state index in [-0.39, 0.29) is 16.2 Å². The van der Waals surface area contributed by atoms with Crippen LogP contribution >= 0.6 is 0 Å². The Bertz CT molecular complexity index is 1180. The van der Waals surface area contributed by atoms with Crippen molar-refractivity contribution in [2.24, 2.45) is 5.10 Å². The predicted octanol–water partition coefficient (Wildman–Crippen LogP) is 3.11. The van der Waals surface area contributed by atoms with E-state index in [1.54, 1.807) is 50.2 Å². The van der Waals surface area contributed by atoms with Gasteiger partial charge in [0.25, 0.3) is 10.0 Å². The summed E-state index contributed by atoms with van der Waals surface area (Å²) in [5, 5.41) is 4.63. The molecule has 0 aliphatic rings. The SMILES string of the molecule is C/C(=N\NS(=O)(=O)c1cc(C)ccc1C)c1cc2ccccc2oc1=O. The van der Waals surface area contributed by atoms with Crippen LogP contribution in [0.25, 0.3) is 11.0 Å². The van der Waals surface area contributed by atoms with Crippen LogP contribution in [0.1, 0.15) is 23.6 Å². The summed E-state index contributed by atoms with van der Waals surface area (Å²) in [6, 6.07) is 13.9. The summed E-state index contributed by atoms with van der Waals surface area (Å²) in [5.74, 6) is 0. The summed E-state index contributed by atoms with van der Waals surface area (Å²) in [6.45, 7) is 5.07. The molecule has 6 nitrogen and oxygen atoms in total. The summed E-state index contributed by atoms with van der Waals surface area (Å²) in [5.41, 5.74) is 1.75. The third-order valence-corrected chi connectivity index (χ3v) is 5.35. The minimum absolute atomic E-state index is 0.152. The molecule has 0 fully saturated rings. The molecule has 0 radical (unpaired) electrons. The lowest BCUT2D eigenvalue weighted by atomic mass is 10.1. The molecule has 0 bridgehead atoms. The van der Waals surface area contributed by atoms with Crippen LogP contribution in [0.15, 0.2) is 67.7 Å². The van der Waals surface area contributed by atoms with Gasteiger partial charge in [-0.15, -0.1) is 0 Å². The van der Waals surface area contributed by atoms with Gasteiger partial charge < -0.3 is 4.42 Å². The van der Waals surface area contributed by atoms with E-state index in [9.17, 15) is 13.2 Å². The molecule has 3 rings (SSSR count). The zero-order valence-corrected chi connectivity index (χ0v) is 15.4. The van der Waals surface area contributed by atoms with Crippen LogP contribution in [0.4, 0.5) is 0 Å². The lowest BCUT2D eigenvalue weighted by molar-refractivity contribution is 0.559. The Morgan fingerprint density at radius 2 is 1.81 bits per heavy atom. The molecule has 0 saturated carbocycles. The van der Waals surface area contributed by atoms with E-state index < -0.39 is 15.6 Å². The Labute approximate surface area is 151 Å². The van der Waals surface area contributed by atoms with E-state index >= 15 is 0 Å². The van der Waals surface area contributed by atoms with Crippen molar-refractivity contribution < 1.29 is 12.8 Å². The van der Waals surface area contributed by atoms with E-state index in [0.29, 0.717) is 11.1 Å². The number of benzene rings is 2. The quantitative estimate of drug-likeness (QED) is 0.434. The molecule has 0 unspecified atom stereocenters. The second-order valence-corrected chi connectivity index (χ2v) is 7.68. The molecule has 0 saturated heterocycles. The van der Waals surface area contributed by atoms with Crippen molar-refractivity contribution in [1.82, 2.24) is 4.83 Å². The molecule has 0 atom stereocenters. The zero-order chi connectivity index (χ0) is 18.9. The second-order valence-electron chi connectivity index (χ2n) is 6.05. The van der Waals surface area contributed by atoms with Gasteiger partial charge in [0.2, 0.25) is 0 Å². The van der Waals surface area contributed by atoms with Crippen LogP contribution in [0, 0.1) is 13.8 Å². The maximum absolute atomic E-state index is 12.5. The maximum atomic E-state index is 12.5. The van der Waals surface area contributed by atoms with Crippen molar-refractivity contribution in [2.75, 3.05) is 0 Å². The van der Waals surface area contributed by atoms with Crippen molar-refractivity contribution >= 4 is 26.7 Å². The van der Waals surface area contributed by atoms with Crippen molar-refractivity contribution in [3.8, 4) is 0 Å². The molecule has 7 heteroatoms. The molecule has 1 N–H and O–H groups in total. The molecule has 0 spiro atoms. The van der Waals surface area contributed by atoms with Gasteiger partial charge in [0.1, 0.15) is 5.58 Å². The predicted molar refractivity (Wildman–Crippen MR) is 101 cm³/mol. The number of para-hydroxylation sites is 1. The molecule has 134 valence electrons. The number of rotatable bonds is 4. The normalized spacial score (nSPS) is 12.3.